The average molecular weight is 487 g/mol. The van der Waals surface area contributed by atoms with Crippen molar-refractivity contribution in [1.82, 2.24) is 5.32 Å². The highest BCUT2D eigenvalue weighted by atomic mass is 32.2. The van der Waals surface area contributed by atoms with Gasteiger partial charge in [-0.15, -0.1) is 0 Å². The molecule has 1 aliphatic rings. The number of hydrogen-bond donors (Lipinski definition) is 1. The van der Waals surface area contributed by atoms with Gasteiger partial charge in [0.25, 0.3) is 5.91 Å². The third kappa shape index (κ3) is 6.34. The lowest BCUT2D eigenvalue weighted by Crippen LogP contribution is -2.43. The minimum Gasteiger partial charge on any atom is -0.494 e. The maximum atomic E-state index is 13.4. The molecule has 0 aromatic heterocycles. The molecule has 0 saturated heterocycles. The number of ether oxygens (including phenoxy) is 1. The quantitative estimate of drug-likeness (QED) is 0.288. The van der Waals surface area contributed by atoms with Crippen LogP contribution in [0.5, 0.6) is 5.75 Å². The molecule has 5 nitrogen and oxygen atoms in total. The van der Waals surface area contributed by atoms with Crippen LogP contribution in [-0.4, -0.2) is 25.0 Å². The molecule has 0 radical (unpaired) electrons. The monoisotopic (exact) mass is 486 g/mol. The zero-order valence-electron chi connectivity index (χ0n) is 20.1. The first-order chi connectivity index (χ1) is 17.0. The van der Waals surface area contributed by atoms with Gasteiger partial charge in [0.05, 0.1) is 23.2 Å². The van der Waals surface area contributed by atoms with Gasteiger partial charge < -0.3 is 10.1 Å². The highest BCUT2D eigenvalue weighted by Gasteiger charge is 2.30. The number of fused-ring (bicyclic) bond motifs is 1. The van der Waals surface area contributed by atoms with Crippen molar-refractivity contribution in [3.63, 3.8) is 0 Å². The molecule has 3 aromatic carbocycles. The largest absolute Gasteiger partial charge is 0.494 e. The Morgan fingerprint density at radius 3 is 2.49 bits per heavy atom. The van der Waals surface area contributed by atoms with E-state index in [4.69, 9.17) is 4.74 Å². The number of nitrogens with one attached hydrogen (secondary N) is 1. The van der Waals surface area contributed by atoms with Gasteiger partial charge in [-0.1, -0.05) is 79.7 Å². The summed E-state index contributed by atoms with van der Waals surface area (Å²) in [6.07, 6.45) is 3.99. The summed E-state index contributed by atoms with van der Waals surface area (Å²) in [5, 5.41) is 3.03. The normalized spacial score (nSPS) is 15.0. The van der Waals surface area contributed by atoms with E-state index >= 15 is 0 Å². The molecule has 0 saturated carbocycles. The van der Waals surface area contributed by atoms with E-state index < -0.39 is 0 Å². The van der Waals surface area contributed by atoms with E-state index in [0.29, 0.717) is 11.5 Å². The Kier molecular flexibility index (Phi) is 8.27. The summed E-state index contributed by atoms with van der Waals surface area (Å²) in [6, 6.07) is 25.0. The first-order valence-corrected chi connectivity index (χ1v) is 12.7. The van der Waals surface area contributed by atoms with Gasteiger partial charge in [-0.05, 0) is 54.8 Å². The standard InChI is InChI=1S/C29H30N2O3S/c1-3-4-18-34-24-16-14-23(15-17-24)21(2)30-28(32)20-31-25-12-8-9-13-26(25)35-27(29(31)33)19-22-10-6-5-7-11-22/h5-17,19,21H,3-4,18,20H2,1-2H3,(H,30,32). The molecule has 0 aliphatic carbocycles. The third-order valence-electron chi connectivity index (χ3n) is 5.76. The van der Waals surface area contributed by atoms with E-state index in [9.17, 15) is 9.59 Å². The molecule has 1 atom stereocenters. The van der Waals surface area contributed by atoms with Gasteiger partial charge in [0.2, 0.25) is 5.91 Å². The lowest BCUT2D eigenvalue weighted by Gasteiger charge is -2.30. The maximum absolute atomic E-state index is 13.4. The van der Waals surface area contributed by atoms with Crippen LogP contribution in [0.4, 0.5) is 5.69 Å². The number of carbonyl (C=O) groups excluding carboxylic acids is 2. The fourth-order valence-electron chi connectivity index (χ4n) is 3.82. The topological polar surface area (TPSA) is 58.6 Å². The second kappa shape index (κ2) is 11.8. The van der Waals surface area contributed by atoms with Crippen LogP contribution in [0, 0.1) is 0 Å². The van der Waals surface area contributed by atoms with Crippen LogP contribution in [-0.2, 0) is 9.59 Å². The summed E-state index contributed by atoms with van der Waals surface area (Å²) in [5.74, 6) is 0.440. The molecule has 0 bridgehead atoms. The summed E-state index contributed by atoms with van der Waals surface area (Å²) in [6.45, 7) is 4.72. The number of carbonyl (C=O) groups is 2. The van der Waals surface area contributed by atoms with Crippen molar-refractivity contribution in [1.29, 1.82) is 0 Å². The zero-order valence-corrected chi connectivity index (χ0v) is 20.9. The minimum atomic E-state index is -0.213. The summed E-state index contributed by atoms with van der Waals surface area (Å²) < 4.78 is 5.72. The van der Waals surface area contributed by atoms with Gasteiger partial charge in [-0.3, -0.25) is 14.5 Å². The molecule has 4 rings (SSSR count). The number of thioether (sulfide) groups is 1. The molecule has 1 aliphatic heterocycles. The number of rotatable bonds is 9. The highest BCUT2D eigenvalue weighted by Crippen LogP contribution is 2.41. The minimum absolute atomic E-state index is 0.0505. The predicted octanol–water partition coefficient (Wildman–Crippen LogP) is 6.22. The molecule has 1 N–H and O–H groups in total. The number of para-hydroxylation sites is 1. The molecule has 1 unspecified atom stereocenters. The van der Waals surface area contributed by atoms with Gasteiger partial charge in [0.1, 0.15) is 12.3 Å². The number of benzene rings is 3. The van der Waals surface area contributed by atoms with Crippen molar-refractivity contribution in [2.75, 3.05) is 18.1 Å². The predicted molar refractivity (Wildman–Crippen MR) is 142 cm³/mol. The van der Waals surface area contributed by atoms with Gasteiger partial charge >= 0.3 is 0 Å². The van der Waals surface area contributed by atoms with Gasteiger partial charge in [-0.2, -0.15) is 0 Å². The number of nitrogens with zero attached hydrogens (tertiary/aromatic N) is 1. The van der Waals surface area contributed by atoms with Crippen molar-refractivity contribution in [3.05, 3.63) is 94.9 Å². The van der Waals surface area contributed by atoms with Crippen molar-refractivity contribution in [3.8, 4) is 5.75 Å². The van der Waals surface area contributed by atoms with Crippen LogP contribution in [0.2, 0.25) is 0 Å². The highest BCUT2D eigenvalue weighted by molar-refractivity contribution is 8.04. The van der Waals surface area contributed by atoms with Crippen molar-refractivity contribution in [2.45, 2.75) is 37.6 Å². The van der Waals surface area contributed by atoms with Crippen molar-refractivity contribution >= 4 is 35.3 Å². The second-order valence-corrected chi connectivity index (χ2v) is 9.52. The number of hydrogen-bond acceptors (Lipinski definition) is 4. The Balaban J connectivity index is 1.45. The van der Waals surface area contributed by atoms with Crippen LogP contribution in [0.1, 0.15) is 43.9 Å². The fraction of sp³-hybridized carbons (Fsp3) is 0.241. The van der Waals surface area contributed by atoms with E-state index in [0.717, 1.165) is 40.3 Å². The Bertz CT molecular complexity index is 1190. The molecule has 35 heavy (non-hydrogen) atoms. The Hall–Kier alpha value is -3.51. The Morgan fingerprint density at radius 1 is 1.03 bits per heavy atom. The first-order valence-electron chi connectivity index (χ1n) is 11.9. The number of anilines is 1. The SMILES string of the molecule is CCCCOc1ccc(C(C)NC(=O)CN2C(=O)C(=Cc3ccccc3)Sc3ccccc32)cc1. The smallest absolute Gasteiger partial charge is 0.265 e. The van der Waals surface area contributed by atoms with Gasteiger partial charge in [0.15, 0.2) is 0 Å². The van der Waals surface area contributed by atoms with Crippen molar-refractivity contribution < 1.29 is 14.3 Å². The van der Waals surface area contributed by atoms with Crippen LogP contribution < -0.4 is 15.0 Å². The molecular weight excluding hydrogens is 456 g/mol. The molecule has 0 fully saturated rings. The third-order valence-corrected chi connectivity index (χ3v) is 6.83. The Labute approximate surface area is 211 Å². The summed E-state index contributed by atoms with van der Waals surface area (Å²) >= 11 is 1.44. The summed E-state index contributed by atoms with van der Waals surface area (Å²) in [4.78, 5) is 29.5. The average Bonchev–Trinajstić information content (AvgIpc) is 2.87. The van der Waals surface area contributed by atoms with Crippen LogP contribution in [0.15, 0.2) is 88.7 Å². The lowest BCUT2D eigenvalue weighted by atomic mass is 10.1. The molecule has 2 amide bonds. The molecule has 6 heteroatoms. The Morgan fingerprint density at radius 2 is 1.74 bits per heavy atom. The fourth-order valence-corrected chi connectivity index (χ4v) is 4.88. The summed E-state index contributed by atoms with van der Waals surface area (Å²) in [7, 11) is 0. The second-order valence-electron chi connectivity index (χ2n) is 8.44. The first kappa shape index (κ1) is 24.6. The number of unbranched alkanes of at least 4 members (excludes halogenated alkanes) is 1. The van der Waals surface area contributed by atoms with Crippen LogP contribution in [0.25, 0.3) is 6.08 Å². The van der Waals surface area contributed by atoms with Gasteiger partial charge in [-0.25, -0.2) is 0 Å². The van der Waals surface area contributed by atoms with E-state index in [-0.39, 0.29) is 24.4 Å². The van der Waals surface area contributed by atoms with E-state index in [2.05, 4.69) is 12.2 Å². The molecule has 1 heterocycles. The van der Waals surface area contributed by atoms with Gasteiger partial charge in [0, 0.05) is 4.90 Å². The summed E-state index contributed by atoms with van der Waals surface area (Å²) in [5.41, 5.74) is 2.68. The van der Waals surface area contributed by atoms with Crippen LogP contribution >= 0.6 is 11.8 Å². The molecule has 180 valence electrons. The van der Waals surface area contributed by atoms with Crippen molar-refractivity contribution in [2.24, 2.45) is 0 Å². The molecule has 0 spiro atoms. The van der Waals surface area contributed by atoms with E-state index in [1.807, 2.05) is 91.9 Å². The molecular formula is C29H30N2O3S. The van der Waals surface area contributed by atoms with E-state index in [1.54, 1.807) is 4.90 Å². The zero-order chi connectivity index (χ0) is 24.6. The van der Waals surface area contributed by atoms with E-state index in [1.165, 1.54) is 11.8 Å². The maximum Gasteiger partial charge on any atom is 0.265 e. The van der Waals surface area contributed by atoms with Crippen LogP contribution in [0.3, 0.4) is 0 Å². The molecule has 3 aromatic rings. The lowest BCUT2D eigenvalue weighted by molar-refractivity contribution is -0.122. The number of amides is 2.